The lowest BCUT2D eigenvalue weighted by atomic mass is 9.89. The third kappa shape index (κ3) is 4.74. The lowest BCUT2D eigenvalue weighted by molar-refractivity contribution is -0.138. The standard InChI is InChI=1S/C29H32N4O3.ClH/c1-36-20-7-8-27-22(15-20)24(17-30-27)19-9-13-32(14-10-19)11-4-12-33-28(34)16-23(29(33)35)25-18-31-26-6-3-2-5-21(25)26;/h2-3,5-8,15,17-19,23,30-31H,4,9-14,16H2,1H3;1H. The monoisotopic (exact) mass is 520 g/mol. The number of likely N-dealkylation sites (tertiary alicyclic amines) is 2. The van der Waals surface area contributed by atoms with Crippen molar-refractivity contribution in [2.45, 2.75) is 37.5 Å². The molecule has 0 spiro atoms. The van der Waals surface area contributed by atoms with Gasteiger partial charge in [0.05, 0.1) is 13.0 Å². The Labute approximate surface area is 222 Å². The lowest BCUT2D eigenvalue weighted by Crippen LogP contribution is -2.37. The number of hydrogen-bond acceptors (Lipinski definition) is 4. The second-order valence-corrected chi connectivity index (χ2v) is 10.1. The number of aromatic nitrogens is 2. The van der Waals surface area contributed by atoms with Crippen LogP contribution in [0.5, 0.6) is 5.75 Å². The Hall–Kier alpha value is -3.29. The van der Waals surface area contributed by atoms with E-state index in [0.29, 0.717) is 12.5 Å². The summed E-state index contributed by atoms with van der Waals surface area (Å²) < 4.78 is 5.42. The third-order valence-corrected chi connectivity index (χ3v) is 8.04. The van der Waals surface area contributed by atoms with E-state index in [1.165, 1.54) is 15.8 Å². The Balaban J connectivity index is 0.00000280. The van der Waals surface area contributed by atoms with Crippen molar-refractivity contribution >= 4 is 46.0 Å². The summed E-state index contributed by atoms with van der Waals surface area (Å²) in [6.45, 7) is 3.46. The van der Waals surface area contributed by atoms with Crippen LogP contribution in [-0.2, 0) is 9.59 Å². The first kappa shape index (κ1) is 25.4. The van der Waals surface area contributed by atoms with Crippen LogP contribution in [0.2, 0.25) is 0 Å². The van der Waals surface area contributed by atoms with Gasteiger partial charge in [0.25, 0.3) is 0 Å². The molecule has 2 fully saturated rings. The first-order valence-electron chi connectivity index (χ1n) is 12.9. The summed E-state index contributed by atoms with van der Waals surface area (Å²) in [6.07, 6.45) is 7.33. The molecule has 7 nitrogen and oxygen atoms in total. The molecule has 0 radical (unpaired) electrons. The van der Waals surface area contributed by atoms with E-state index < -0.39 is 0 Å². The molecular formula is C29H33ClN4O3. The number of imide groups is 1. The number of para-hydroxylation sites is 1. The lowest BCUT2D eigenvalue weighted by Gasteiger charge is -2.32. The molecule has 2 N–H and O–H groups in total. The molecule has 8 heteroatoms. The first-order chi connectivity index (χ1) is 17.6. The number of nitrogens with one attached hydrogen (secondary N) is 2. The van der Waals surface area contributed by atoms with E-state index in [-0.39, 0.29) is 36.6 Å². The van der Waals surface area contributed by atoms with Gasteiger partial charge in [-0.05, 0) is 80.2 Å². The predicted molar refractivity (Wildman–Crippen MR) is 148 cm³/mol. The van der Waals surface area contributed by atoms with Gasteiger partial charge in [-0.3, -0.25) is 14.5 Å². The van der Waals surface area contributed by atoms with E-state index in [2.05, 4.69) is 33.2 Å². The van der Waals surface area contributed by atoms with Crippen LogP contribution in [0.4, 0.5) is 0 Å². The van der Waals surface area contributed by atoms with E-state index in [4.69, 9.17) is 4.74 Å². The van der Waals surface area contributed by atoms with E-state index in [0.717, 1.165) is 66.6 Å². The highest BCUT2D eigenvalue weighted by atomic mass is 35.5. The van der Waals surface area contributed by atoms with E-state index in [9.17, 15) is 9.59 Å². The molecule has 194 valence electrons. The van der Waals surface area contributed by atoms with Crippen LogP contribution in [0.3, 0.4) is 0 Å². The number of carbonyl (C=O) groups excluding carboxylic acids is 2. The summed E-state index contributed by atoms with van der Waals surface area (Å²) in [5, 5.41) is 2.28. The topological polar surface area (TPSA) is 81.4 Å². The van der Waals surface area contributed by atoms with Crippen LogP contribution in [0.1, 0.15) is 48.6 Å². The van der Waals surface area contributed by atoms with Gasteiger partial charge in [0.1, 0.15) is 5.75 Å². The maximum atomic E-state index is 13.1. The second-order valence-electron chi connectivity index (χ2n) is 10.1. The molecule has 1 atom stereocenters. The van der Waals surface area contributed by atoms with Gasteiger partial charge in [0, 0.05) is 47.2 Å². The number of rotatable bonds is 7. The molecule has 6 rings (SSSR count). The minimum atomic E-state index is -0.376. The molecule has 2 aromatic carbocycles. The van der Waals surface area contributed by atoms with Crippen LogP contribution < -0.4 is 4.74 Å². The third-order valence-electron chi connectivity index (χ3n) is 8.04. The van der Waals surface area contributed by atoms with Crippen molar-refractivity contribution in [3.63, 3.8) is 0 Å². The van der Waals surface area contributed by atoms with Crippen LogP contribution >= 0.6 is 12.4 Å². The minimum Gasteiger partial charge on any atom is -0.497 e. The van der Waals surface area contributed by atoms with E-state index >= 15 is 0 Å². The van der Waals surface area contributed by atoms with Gasteiger partial charge in [0.15, 0.2) is 0 Å². The van der Waals surface area contributed by atoms with Crippen molar-refractivity contribution in [1.29, 1.82) is 0 Å². The molecule has 4 aromatic rings. The van der Waals surface area contributed by atoms with Gasteiger partial charge >= 0.3 is 0 Å². The Morgan fingerprint density at radius 3 is 2.43 bits per heavy atom. The summed E-state index contributed by atoms with van der Waals surface area (Å²) in [5.74, 6) is 0.931. The number of nitrogens with zero attached hydrogens (tertiary/aromatic N) is 2. The number of methoxy groups -OCH3 is 1. The molecule has 0 saturated carbocycles. The minimum absolute atomic E-state index is 0. The number of ether oxygens (including phenoxy) is 1. The Kier molecular flexibility index (Phi) is 7.26. The van der Waals surface area contributed by atoms with Gasteiger partial charge in [-0.15, -0.1) is 12.4 Å². The van der Waals surface area contributed by atoms with Gasteiger partial charge in [-0.2, -0.15) is 0 Å². The molecule has 4 heterocycles. The van der Waals surface area contributed by atoms with E-state index in [1.807, 2.05) is 36.5 Å². The molecule has 1 unspecified atom stereocenters. The Morgan fingerprint density at radius 1 is 0.919 bits per heavy atom. The molecule has 37 heavy (non-hydrogen) atoms. The number of halogens is 1. The van der Waals surface area contributed by atoms with Crippen LogP contribution in [0, 0.1) is 0 Å². The summed E-state index contributed by atoms with van der Waals surface area (Å²) in [6, 6.07) is 14.1. The average Bonchev–Trinajstić information content (AvgIpc) is 3.60. The zero-order chi connectivity index (χ0) is 24.6. The summed E-state index contributed by atoms with van der Waals surface area (Å²) in [5.41, 5.74) is 4.46. The number of amides is 2. The second kappa shape index (κ2) is 10.6. The quantitative estimate of drug-likeness (QED) is 0.328. The van der Waals surface area contributed by atoms with Crippen molar-refractivity contribution < 1.29 is 14.3 Å². The van der Waals surface area contributed by atoms with Crippen LogP contribution in [0.25, 0.3) is 21.8 Å². The van der Waals surface area contributed by atoms with Crippen molar-refractivity contribution in [3.05, 3.63) is 66.0 Å². The van der Waals surface area contributed by atoms with Crippen molar-refractivity contribution in [2.75, 3.05) is 33.3 Å². The molecule has 0 bridgehead atoms. The highest BCUT2D eigenvalue weighted by Gasteiger charge is 2.40. The van der Waals surface area contributed by atoms with Crippen molar-refractivity contribution in [2.24, 2.45) is 0 Å². The van der Waals surface area contributed by atoms with Crippen LogP contribution in [-0.4, -0.2) is 64.9 Å². The Bertz CT molecular complexity index is 1420. The van der Waals surface area contributed by atoms with Crippen molar-refractivity contribution in [3.8, 4) is 5.75 Å². The summed E-state index contributed by atoms with van der Waals surface area (Å²) >= 11 is 0. The molecule has 2 saturated heterocycles. The molecule has 2 aromatic heterocycles. The summed E-state index contributed by atoms with van der Waals surface area (Å²) in [4.78, 5) is 36.4. The van der Waals surface area contributed by atoms with Gasteiger partial charge < -0.3 is 19.6 Å². The molecule has 0 aliphatic carbocycles. The van der Waals surface area contributed by atoms with Crippen LogP contribution in [0.15, 0.2) is 54.9 Å². The largest absolute Gasteiger partial charge is 0.497 e. The predicted octanol–water partition coefficient (Wildman–Crippen LogP) is 5.19. The van der Waals surface area contributed by atoms with Gasteiger partial charge in [-0.25, -0.2) is 0 Å². The fraction of sp³-hybridized carbons (Fsp3) is 0.379. The number of benzene rings is 2. The first-order valence-corrected chi connectivity index (χ1v) is 12.9. The molecular weight excluding hydrogens is 488 g/mol. The smallest absolute Gasteiger partial charge is 0.237 e. The average molecular weight is 521 g/mol. The van der Waals surface area contributed by atoms with Gasteiger partial charge in [0.2, 0.25) is 11.8 Å². The number of aromatic amines is 2. The van der Waals surface area contributed by atoms with Gasteiger partial charge in [-0.1, -0.05) is 18.2 Å². The van der Waals surface area contributed by atoms with Crippen molar-refractivity contribution in [1.82, 2.24) is 19.8 Å². The summed E-state index contributed by atoms with van der Waals surface area (Å²) in [7, 11) is 1.71. The molecule has 2 aliphatic heterocycles. The number of H-pyrrole nitrogens is 2. The maximum absolute atomic E-state index is 13.1. The zero-order valence-corrected chi connectivity index (χ0v) is 21.9. The number of fused-ring (bicyclic) bond motifs is 2. The fourth-order valence-corrected chi connectivity index (χ4v) is 6.05. The SMILES string of the molecule is COc1ccc2[nH]cc(C3CCN(CCCN4C(=O)CC(c5c[nH]c6ccccc56)C4=O)CC3)c2c1.Cl. The fourth-order valence-electron chi connectivity index (χ4n) is 6.05. The zero-order valence-electron chi connectivity index (χ0n) is 21.0. The Morgan fingerprint density at radius 2 is 1.65 bits per heavy atom. The molecule has 2 aliphatic rings. The highest BCUT2D eigenvalue weighted by Crippen LogP contribution is 2.36. The highest BCUT2D eigenvalue weighted by molar-refractivity contribution is 6.07. The number of hydrogen-bond donors (Lipinski definition) is 2. The normalized spacial score (nSPS) is 19.2. The maximum Gasteiger partial charge on any atom is 0.237 e. The van der Waals surface area contributed by atoms with E-state index in [1.54, 1.807) is 7.11 Å². The number of piperidine rings is 1. The molecule has 2 amide bonds. The number of carbonyl (C=O) groups is 2.